The van der Waals surface area contributed by atoms with Gasteiger partial charge in [-0.3, -0.25) is 10.1 Å². The smallest absolute Gasteiger partial charge is 0.270 e. The molecule has 2 aromatic carbocycles. The van der Waals surface area contributed by atoms with Crippen LogP contribution in [0.25, 0.3) is 22.4 Å². The number of hydrogen-bond donors (Lipinski definition) is 0. The number of hydrogen-bond acceptors (Lipinski definition) is 5. The number of nitro groups is 1. The van der Waals surface area contributed by atoms with E-state index in [1.165, 1.54) is 6.42 Å². The highest BCUT2D eigenvalue weighted by Gasteiger charge is 2.16. The third-order valence-corrected chi connectivity index (χ3v) is 5.64. The fraction of sp³-hybridized carbons (Fsp3) is 0.250. The van der Waals surface area contributed by atoms with Gasteiger partial charge >= 0.3 is 0 Å². The molecule has 0 atom stereocenters. The number of non-ortho nitro benzene ring substituents is 1. The number of benzene rings is 2. The molecular weight excluding hydrogens is 346 g/mol. The SMILES string of the molecule is O=[N+]([O-])c1ccc(N2CCCCC2)c(C=Cc2nc3ccccc3s2)c1. The van der Waals surface area contributed by atoms with E-state index in [1.807, 2.05) is 36.4 Å². The van der Waals surface area contributed by atoms with Crippen LogP contribution in [0, 0.1) is 10.1 Å². The zero-order chi connectivity index (χ0) is 17.9. The summed E-state index contributed by atoms with van der Waals surface area (Å²) in [5.74, 6) is 0. The quantitative estimate of drug-likeness (QED) is 0.461. The van der Waals surface area contributed by atoms with Gasteiger partial charge in [-0.25, -0.2) is 4.98 Å². The lowest BCUT2D eigenvalue weighted by molar-refractivity contribution is -0.384. The van der Waals surface area contributed by atoms with E-state index in [0.29, 0.717) is 0 Å². The van der Waals surface area contributed by atoms with Gasteiger partial charge in [0.25, 0.3) is 5.69 Å². The first-order chi connectivity index (χ1) is 12.7. The highest BCUT2D eigenvalue weighted by molar-refractivity contribution is 7.19. The standard InChI is InChI=1S/C20H19N3O2S/c24-23(25)16-9-10-18(22-12-4-1-5-13-22)15(14-16)8-11-20-21-17-6-2-3-7-19(17)26-20/h2-3,6-11,14H,1,4-5,12-13H2. The molecule has 0 aliphatic carbocycles. The lowest BCUT2D eigenvalue weighted by Crippen LogP contribution is -2.29. The van der Waals surface area contributed by atoms with E-state index < -0.39 is 0 Å². The number of anilines is 1. The van der Waals surface area contributed by atoms with Crippen LogP contribution in [0.1, 0.15) is 29.8 Å². The van der Waals surface area contributed by atoms with Crippen molar-refractivity contribution in [3.63, 3.8) is 0 Å². The van der Waals surface area contributed by atoms with Gasteiger partial charge < -0.3 is 4.90 Å². The first-order valence-electron chi connectivity index (χ1n) is 8.78. The Labute approximate surface area is 155 Å². The van der Waals surface area contributed by atoms with Crippen LogP contribution in [0.15, 0.2) is 42.5 Å². The predicted octanol–water partition coefficient (Wildman–Crippen LogP) is 5.37. The molecule has 2 heterocycles. The zero-order valence-corrected chi connectivity index (χ0v) is 15.1. The van der Waals surface area contributed by atoms with E-state index in [2.05, 4.69) is 16.0 Å². The van der Waals surface area contributed by atoms with E-state index >= 15 is 0 Å². The average molecular weight is 365 g/mol. The van der Waals surface area contributed by atoms with Crippen LogP contribution in [0.5, 0.6) is 0 Å². The minimum absolute atomic E-state index is 0.120. The van der Waals surface area contributed by atoms with Gasteiger partial charge in [0.1, 0.15) is 5.01 Å². The molecule has 0 spiro atoms. The van der Waals surface area contributed by atoms with Crippen LogP contribution in [0.2, 0.25) is 0 Å². The normalized spacial score (nSPS) is 15.0. The molecule has 26 heavy (non-hydrogen) atoms. The first kappa shape index (κ1) is 16.7. The summed E-state index contributed by atoms with van der Waals surface area (Å²) in [6, 6.07) is 13.2. The van der Waals surface area contributed by atoms with Gasteiger partial charge in [-0.1, -0.05) is 12.1 Å². The molecule has 132 valence electrons. The van der Waals surface area contributed by atoms with Crippen molar-refractivity contribution in [3.05, 3.63) is 63.1 Å². The fourth-order valence-corrected chi connectivity index (χ4v) is 4.20. The summed E-state index contributed by atoms with van der Waals surface area (Å²) in [6.45, 7) is 2.00. The van der Waals surface area contributed by atoms with Gasteiger partial charge in [-0.05, 0) is 49.6 Å². The first-order valence-corrected chi connectivity index (χ1v) is 9.59. The molecule has 0 saturated carbocycles. The third kappa shape index (κ3) is 3.46. The molecule has 5 nitrogen and oxygen atoms in total. The minimum Gasteiger partial charge on any atom is -0.371 e. The highest BCUT2D eigenvalue weighted by atomic mass is 32.1. The van der Waals surface area contributed by atoms with Crippen LogP contribution in [-0.4, -0.2) is 23.0 Å². The lowest BCUT2D eigenvalue weighted by Gasteiger charge is -2.30. The number of para-hydroxylation sites is 1. The molecule has 1 aliphatic rings. The summed E-state index contributed by atoms with van der Waals surface area (Å²) in [4.78, 5) is 17.8. The van der Waals surface area contributed by atoms with Crippen LogP contribution < -0.4 is 4.90 Å². The Balaban J connectivity index is 1.70. The second-order valence-electron chi connectivity index (χ2n) is 6.40. The van der Waals surface area contributed by atoms with Gasteiger partial charge in [0.2, 0.25) is 0 Å². The highest BCUT2D eigenvalue weighted by Crippen LogP contribution is 2.30. The Kier molecular flexibility index (Phi) is 4.67. The predicted molar refractivity (Wildman–Crippen MR) is 108 cm³/mol. The summed E-state index contributed by atoms with van der Waals surface area (Å²) in [6.07, 6.45) is 7.49. The molecule has 0 amide bonds. The largest absolute Gasteiger partial charge is 0.371 e. The van der Waals surface area contributed by atoms with Gasteiger partial charge in [-0.15, -0.1) is 11.3 Å². The Bertz CT molecular complexity index is 941. The van der Waals surface area contributed by atoms with E-state index in [9.17, 15) is 10.1 Å². The number of piperidine rings is 1. The summed E-state index contributed by atoms with van der Waals surface area (Å²) < 4.78 is 1.14. The maximum Gasteiger partial charge on any atom is 0.270 e. The minimum atomic E-state index is -0.338. The number of aromatic nitrogens is 1. The van der Waals surface area contributed by atoms with Crippen molar-refractivity contribution in [2.45, 2.75) is 19.3 Å². The molecule has 0 N–H and O–H groups in total. The molecule has 0 unspecified atom stereocenters. The average Bonchev–Trinajstić information content (AvgIpc) is 3.10. The van der Waals surface area contributed by atoms with Crippen LogP contribution in [-0.2, 0) is 0 Å². The Morgan fingerprint density at radius 3 is 2.65 bits per heavy atom. The van der Waals surface area contributed by atoms with Crippen molar-refractivity contribution in [2.24, 2.45) is 0 Å². The molecule has 1 aliphatic heterocycles. The third-order valence-electron chi connectivity index (χ3n) is 4.63. The van der Waals surface area contributed by atoms with E-state index in [1.54, 1.807) is 23.5 Å². The summed E-state index contributed by atoms with van der Waals surface area (Å²) in [7, 11) is 0. The molecule has 0 bridgehead atoms. The topological polar surface area (TPSA) is 59.3 Å². The Hall–Kier alpha value is -2.73. The van der Waals surface area contributed by atoms with Crippen LogP contribution >= 0.6 is 11.3 Å². The number of nitro benzene ring substituents is 1. The number of rotatable bonds is 4. The van der Waals surface area contributed by atoms with Gasteiger partial charge in [0.05, 0.1) is 15.1 Å². The van der Waals surface area contributed by atoms with Crippen molar-refractivity contribution in [1.82, 2.24) is 4.98 Å². The number of fused-ring (bicyclic) bond motifs is 1. The maximum absolute atomic E-state index is 11.2. The van der Waals surface area contributed by atoms with Crippen molar-refractivity contribution < 1.29 is 4.92 Å². The molecule has 1 fully saturated rings. The molecule has 1 aromatic heterocycles. The van der Waals surface area contributed by atoms with E-state index in [4.69, 9.17) is 0 Å². The molecule has 0 radical (unpaired) electrons. The Morgan fingerprint density at radius 2 is 1.88 bits per heavy atom. The second kappa shape index (κ2) is 7.25. The summed E-state index contributed by atoms with van der Waals surface area (Å²) in [5.41, 5.74) is 3.04. The molecular formula is C20H19N3O2S. The van der Waals surface area contributed by atoms with Gasteiger partial charge in [-0.2, -0.15) is 0 Å². The molecule has 6 heteroatoms. The zero-order valence-electron chi connectivity index (χ0n) is 14.3. The van der Waals surface area contributed by atoms with Crippen molar-refractivity contribution in [3.8, 4) is 0 Å². The molecule has 4 rings (SSSR count). The van der Waals surface area contributed by atoms with Crippen LogP contribution in [0.3, 0.4) is 0 Å². The second-order valence-corrected chi connectivity index (χ2v) is 7.46. The fourth-order valence-electron chi connectivity index (χ4n) is 3.33. The van der Waals surface area contributed by atoms with Gasteiger partial charge in [0, 0.05) is 36.5 Å². The number of thiazole rings is 1. The van der Waals surface area contributed by atoms with Crippen molar-refractivity contribution >= 4 is 45.1 Å². The summed E-state index contributed by atoms with van der Waals surface area (Å²) >= 11 is 1.62. The van der Waals surface area contributed by atoms with E-state index in [-0.39, 0.29) is 10.6 Å². The van der Waals surface area contributed by atoms with E-state index in [0.717, 1.165) is 52.4 Å². The summed E-state index contributed by atoms with van der Waals surface area (Å²) in [5, 5.41) is 12.1. The lowest BCUT2D eigenvalue weighted by atomic mass is 10.1. The molecule has 3 aromatic rings. The number of nitrogens with zero attached hydrogens (tertiary/aromatic N) is 3. The Morgan fingerprint density at radius 1 is 1.08 bits per heavy atom. The van der Waals surface area contributed by atoms with Gasteiger partial charge in [0.15, 0.2) is 0 Å². The maximum atomic E-state index is 11.2. The van der Waals surface area contributed by atoms with Crippen molar-refractivity contribution in [2.75, 3.05) is 18.0 Å². The van der Waals surface area contributed by atoms with Crippen LogP contribution in [0.4, 0.5) is 11.4 Å². The van der Waals surface area contributed by atoms with Crippen molar-refractivity contribution in [1.29, 1.82) is 0 Å². The molecule has 1 saturated heterocycles. The monoisotopic (exact) mass is 365 g/mol.